The van der Waals surface area contributed by atoms with Crippen LogP contribution in [0.2, 0.25) is 0 Å². The van der Waals surface area contributed by atoms with Gasteiger partial charge in [-0.15, -0.1) is 0 Å². The fraction of sp³-hybridized carbons (Fsp3) is 0.128. The Bertz CT molecular complexity index is 2380. The van der Waals surface area contributed by atoms with Crippen LogP contribution in [0.4, 0.5) is 15.9 Å². The van der Waals surface area contributed by atoms with Crippen molar-refractivity contribution in [3.63, 3.8) is 0 Å². The molecular weight excluding hydrogens is 661 g/mol. The number of aromatic nitrogens is 6. The Morgan fingerprint density at radius 3 is 2.25 bits per heavy atom. The van der Waals surface area contributed by atoms with Crippen molar-refractivity contribution in [1.82, 2.24) is 29.4 Å². The van der Waals surface area contributed by atoms with E-state index in [9.17, 15) is 10.1 Å². The number of nitriles is 1. The fourth-order valence-corrected chi connectivity index (χ4v) is 5.85. The van der Waals surface area contributed by atoms with Crippen molar-refractivity contribution in [3.05, 3.63) is 143 Å². The number of methoxy groups -OCH3 is 2. The van der Waals surface area contributed by atoms with Crippen molar-refractivity contribution < 1.29 is 18.7 Å². The minimum atomic E-state index is -0.599. The van der Waals surface area contributed by atoms with Gasteiger partial charge in [-0.05, 0) is 78.2 Å². The van der Waals surface area contributed by atoms with Crippen LogP contribution < -0.4 is 19.7 Å². The van der Waals surface area contributed by atoms with Gasteiger partial charge < -0.3 is 19.7 Å². The van der Waals surface area contributed by atoms with Gasteiger partial charge in [-0.3, -0.25) is 4.79 Å². The molecule has 0 aliphatic rings. The molecule has 1 N–H and O–H groups in total. The lowest BCUT2D eigenvalue weighted by molar-refractivity contribution is 0.102. The smallest absolute Gasteiger partial charge is 0.255 e. The summed E-state index contributed by atoms with van der Waals surface area (Å²) in [5.41, 5.74) is 5.74. The Balaban J connectivity index is 1.20. The van der Waals surface area contributed by atoms with Crippen molar-refractivity contribution in [2.24, 2.45) is 0 Å². The molecule has 0 saturated carbocycles. The van der Waals surface area contributed by atoms with E-state index in [2.05, 4.69) is 25.4 Å². The van der Waals surface area contributed by atoms with Crippen LogP contribution in [-0.4, -0.2) is 49.5 Å². The SMILES string of the molecule is COc1ccc(CN(Cc2ccc(OC)cc2)c2ncnn3c(-c4cnn(-c5cc(NC(=O)c6cccc(C#N)c6)c(F)cc5C)c4)cnc23)cc1. The molecule has 0 unspecified atom stereocenters. The number of carbonyl (C=O) groups is 1. The van der Waals surface area contributed by atoms with E-state index in [-0.39, 0.29) is 11.3 Å². The average Bonchev–Trinajstić information content (AvgIpc) is 3.84. The average molecular weight is 694 g/mol. The Labute approximate surface area is 298 Å². The van der Waals surface area contributed by atoms with E-state index < -0.39 is 11.7 Å². The third-order valence-corrected chi connectivity index (χ3v) is 8.56. The summed E-state index contributed by atoms with van der Waals surface area (Å²) in [7, 11) is 3.28. The molecule has 4 aromatic carbocycles. The highest BCUT2D eigenvalue weighted by atomic mass is 19.1. The first kappa shape index (κ1) is 33.4. The Hall–Kier alpha value is -7.07. The number of benzene rings is 4. The second kappa shape index (κ2) is 14.4. The number of nitrogens with zero attached hydrogens (tertiary/aromatic N) is 8. The minimum Gasteiger partial charge on any atom is -0.497 e. The summed E-state index contributed by atoms with van der Waals surface area (Å²) in [4.78, 5) is 24.5. The molecule has 0 radical (unpaired) electrons. The Morgan fingerprint density at radius 2 is 1.60 bits per heavy atom. The molecule has 0 saturated heterocycles. The van der Waals surface area contributed by atoms with E-state index in [1.54, 1.807) is 67.1 Å². The summed E-state index contributed by atoms with van der Waals surface area (Å²) in [5.74, 6) is 1.04. The Morgan fingerprint density at radius 1 is 0.904 bits per heavy atom. The van der Waals surface area contributed by atoms with Crippen LogP contribution in [0.25, 0.3) is 22.6 Å². The first-order chi connectivity index (χ1) is 25.3. The number of rotatable bonds is 11. The quantitative estimate of drug-likeness (QED) is 0.156. The number of hydrogen-bond donors (Lipinski definition) is 1. The second-order valence-corrected chi connectivity index (χ2v) is 12.0. The molecule has 258 valence electrons. The molecule has 12 nitrogen and oxygen atoms in total. The van der Waals surface area contributed by atoms with E-state index in [4.69, 9.17) is 14.5 Å². The number of anilines is 2. The number of fused-ring (bicyclic) bond motifs is 1. The summed E-state index contributed by atoms with van der Waals surface area (Å²) in [6, 6.07) is 26.9. The van der Waals surface area contributed by atoms with Gasteiger partial charge in [0.25, 0.3) is 5.91 Å². The predicted octanol–water partition coefficient (Wildman–Crippen LogP) is 6.77. The number of ether oxygens (including phenoxy) is 2. The van der Waals surface area contributed by atoms with Gasteiger partial charge in [0.1, 0.15) is 23.6 Å². The maximum Gasteiger partial charge on any atom is 0.255 e. The number of halogens is 1. The molecule has 3 heterocycles. The lowest BCUT2D eigenvalue weighted by atomic mass is 10.1. The molecular formula is C39H32FN9O3. The lowest BCUT2D eigenvalue weighted by Crippen LogP contribution is -2.24. The monoisotopic (exact) mass is 693 g/mol. The predicted molar refractivity (Wildman–Crippen MR) is 193 cm³/mol. The van der Waals surface area contributed by atoms with E-state index >= 15 is 4.39 Å². The summed E-state index contributed by atoms with van der Waals surface area (Å²) in [6.07, 6.45) is 6.68. The van der Waals surface area contributed by atoms with Gasteiger partial charge in [-0.2, -0.15) is 15.5 Å². The second-order valence-electron chi connectivity index (χ2n) is 12.0. The van der Waals surface area contributed by atoms with Crippen molar-refractivity contribution >= 4 is 23.1 Å². The molecule has 0 atom stereocenters. The van der Waals surface area contributed by atoms with Gasteiger partial charge in [0.15, 0.2) is 11.5 Å². The molecule has 0 spiro atoms. The fourth-order valence-electron chi connectivity index (χ4n) is 5.85. The summed E-state index contributed by atoms with van der Waals surface area (Å²) in [5, 5.41) is 20.9. The van der Waals surface area contributed by atoms with Crippen LogP contribution in [0.1, 0.15) is 32.6 Å². The van der Waals surface area contributed by atoms with Gasteiger partial charge >= 0.3 is 0 Å². The third kappa shape index (κ3) is 6.86. The van der Waals surface area contributed by atoms with Crippen LogP contribution in [-0.2, 0) is 13.1 Å². The molecule has 7 rings (SSSR count). The zero-order valence-corrected chi connectivity index (χ0v) is 28.5. The van der Waals surface area contributed by atoms with Gasteiger partial charge in [0.2, 0.25) is 0 Å². The van der Waals surface area contributed by atoms with Crippen molar-refractivity contribution in [2.45, 2.75) is 20.0 Å². The molecule has 3 aromatic heterocycles. The van der Waals surface area contributed by atoms with Crippen molar-refractivity contribution in [2.75, 3.05) is 24.4 Å². The van der Waals surface area contributed by atoms with E-state index in [1.807, 2.05) is 54.6 Å². The highest BCUT2D eigenvalue weighted by molar-refractivity contribution is 6.04. The van der Waals surface area contributed by atoms with E-state index in [0.29, 0.717) is 52.6 Å². The van der Waals surface area contributed by atoms with Crippen LogP contribution in [0.3, 0.4) is 0 Å². The maximum atomic E-state index is 15.1. The topological polar surface area (TPSA) is 135 Å². The zero-order chi connectivity index (χ0) is 36.2. The molecule has 13 heteroatoms. The number of carbonyl (C=O) groups excluding carboxylic acids is 1. The summed E-state index contributed by atoms with van der Waals surface area (Å²) < 4.78 is 29.1. The number of nitrogens with one attached hydrogen (secondary N) is 1. The lowest BCUT2D eigenvalue weighted by Gasteiger charge is -2.24. The minimum absolute atomic E-state index is 0.0222. The van der Waals surface area contributed by atoms with Crippen molar-refractivity contribution in [3.8, 4) is 34.5 Å². The standard InChI is InChI=1S/C39H32FN9O3/c1-25-15-33(40)34(46-39(50)29-6-4-5-28(16-29)18-41)17-35(25)48-23-30(19-44-48)36-20-42-38-37(43-24-45-49(36)38)47(21-26-7-11-31(51-2)12-8-26)22-27-9-13-32(52-3)14-10-27/h4-17,19-20,23-24H,21-22H2,1-3H3,(H,46,50). The first-order valence-corrected chi connectivity index (χ1v) is 16.2. The van der Waals surface area contributed by atoms with Gasteiger partial charge in [0, 0.05) is 30.4 Å². The highest BCUT2D eigenvalue weighted by Crippen LogP contribution is 2.29. The van der Waals surface area contributed by atoms with Gasteiger partial charge in [0.05, 0.1) is 55.3 Å². The number of amides is 1. The Kier molecular flexibility index (Phi) is 9.27. The largest absolute Gasteiger partial charge is 0.497 e. The number of imidazole rings is 1. The molecule has 0 aliphatic carbocycles. The number of aryl methyl sites for hydroxylation is 1. The van der Waals surface area contributed by atoms with Crippen LogP contribution in [0.5, 0.6) is 11.5 Å². The molecule has 0 fully saturated rings. The first-order valence-electron chi connectivity index (χ1n) is 16.2. The van der Waals surface area contributed by atoms with Gasteiger partial charge in [-0.25, -0.2) is 23.6 Å². The van der Waals surface area contributed by atoms with E-state index in [1.165, 1.54) is 24.5 Å². The normalized spacial score (nSPS) is 10.9. The maximum absolute atomic E-state index is 15.1. The van der Waals surface area contributed by atoms with Crippen LogP contribution >= 0.6 is 0 Å². The molecule has 0 bridgehead atoms. The zero-order valence-electron chi connectivity index (χ0n) is 28.5. The highest BCUT2D eigenvalue weighted by Gasteiger charge is 2.20. The van der Waals surface area contributed by atoms with Crippen LogP contribution in [0.15, 0.2) is 110 Å². The summed E-state index contributed by atoms with van der Waals surface area (Å²) >= 11 is 0. The molecule has 7 aromatic rings. The molecule has 1 amide bonds. The molecule has 52 heavy (non-hydrogen) atoms. The van der Waals surface area contributed by atoms with E-state index in [0.717, 1.165) is 22.6 Å². The van der Waals surface area contributed by atoms with Crippen LogP contribution in [0, 0.1) is 24.1 Å². The summed E-state index contributed by atoms with van der Waals surface area (Å²) in [6.45, 7) is 2.83. The van der Waals surface area contributed by atoms with Crippen molar-refractivity contribution in [1.29, 1.82) is 5.26 Å². The number of hydrogen-bond acceptors (Lipinski definition) is 9. The third-order valence-electron chi connectivity index (χ3n) is 8.56. The molecule has 0 aliphatic heterocycles. The van der Waals surface area contributed by atoms with Gasteiger partial charge in [-0.1, -0.05) is 30.3 Å².